The van der Waals surface area contributed by atoms with Gasteiger partial charge >= 0.3 is 0 Å². The van der Waals surface area contributed by atoms with E-state index in [-0.39, 0.29) is 0 Å². The molecule has 0 bridgehead atoms. The van der Waals surface area contributed by atoms with Crippen LogP contribution in [0.15, 0.2) is 12.7 Å². The van der Waals surface area contributed by atoms with Gasteiger partial charge in [-0.05, 0) is 13.3 Å². The van der Waals surface area contributed by atoms with Crippen molar-refractivity contribution >= 4 is 11.6 Å². The second-order valence-electron chi connectivity index (χ2n) is 1.10. The zero-order valence-corrected chi connectivity index (χ0v) is 5.83. The predicted molar refractivity (Wildman–Crippen MR) is 36.9 cm³/mol. The SMILES string of the molecule is C=CC.CCCCl. The molecule has 0 aromatic rings. The molecule has 0 saturated carbocycles. The molecule has 0 aliphatic rings. The van der Waals surface area contributed by atoms with Crippen molar-refractivity contribution in [3.05, 3.63) is 12.7 Å². The van der Waals surface area contributed by atoms with Crippen LogP contribution in [0.2, 0.25) is 0 Å². The third-order valence-electron chi connectivity index (χ3n) is 0.189. The zero-order valence-electron chi connectivity index (χ0n) is 5.08. The lowest BCUT2D eigenvalue weighted by Crippen LogP contribution is -1.55. The molecule has 0 aromatic carbocycles. The standard InChI is InChI=1S/C3H7Cl.C3H6/c1-2-3-4;1-3-2/h2-3H2,1H3;3H,1H2,2H3. The molecule has 0 atom stereocenters. The molecule has 0 heterocycles. The van der Waals surface area contributed by atoms with Crippen LogP contribution in [0.3, 0.4) is 0 Å². The van der Waals surface area contributed by atoms with Gasteiger partial charge in [-0.2, -0.15) is 0 Å². The Morgan fingerprint density at radius 3 is 1.86 bits per heavy atom. The molecule has 44 valence electrons. The number of hydrogen-bond donors (Lipinski definition) is 0. The average Bonchev–Trinajstić information content (AvgIpc) is 1.69. The third kappa shape index (κ3) is 92.3. The van der Waals surface area contributed by atoms with E-state index in [0.29, 0.717) is 0 Å². The molecule has 7 heavy (non-hydrogen) atoms. The van der Waals surface area contributed by atoms with Crippen LogP contribution in [0, 0.1) is 0 Å². The van der Waals surface area contributed by atoms with Crippen LogP contribution in [0.4, 0.5) is 0 Å². The number of halogens is 1. The molecule has 1 heteroatoms. The maximum absolute atomic E-state index is 5.19. The summed E-state index contributed by atoms with van der Waals surface area (Å²) in [4.78, 5) is 0. The molecule has 0 amide bonds. The van der Waals surface area contributed by atoms with Crippen molar-refractivity contribution in [3.63, 3.8) is 0 Å². The molecule has 0 nitrogen and oxygen atoms in total. The van der Waals surface area contributed by atoms with Crippen LogP contribution in [-0.4, -0.2) is 5.88 Å². The molecule has 0 aromatic heterocycles. The molecule has 0 N–H and O–H groups in total. The summed E-state index contributed by atoms with van der Waals surface area (Å²) in [6.45, 7) is 7.30. The molecule has 0 spiro atoms. The average molecular weight is 121 g/mol. The largest absolute Gasteiger partial charge is 0.127 e. The fourth-order valence-electron chi connectivity index (χ4n) is 0. The van der Waals surface area contributed by atoms with Crippen molar-refractivity contribution in [3.8, 4) is 0 Å². The Labute approximate surface area is 51.2 Å². The van der Waals surface area contributed by atoms with Gasteiger partial charge in [-0.1, -0.05) is 13.0 Å². The zero-order chi connectivity index (χ0) is 6.12. The van der Waals surface area contributed by atoms with Crippen LogP contribution < -0.4 is 0 Å². The van der Waals surface area contributed by atoms with E-state index in [1.165, 1.54) is 0 Å². The van der Waals surface area contributed by atoms with Gasteiger partial charge in [-0.15, -0.1) is 18.2 Å². The molecule has 0 saturated heterocycles. The van der Waals surface area contributed by atoms with Crippen LogP contribution in [-0.2, 0) is 0 Å². The fraction of sp³-hybridized carbons (Fsp3) is 0.667. The van der Waals surface area contributed by atoms with E-state index in [1.807, 2.05) is 13.8 Å². The lowest BCUT2D eigenvalue weighted by atomic mass is 10.6. The van der Waals surface area contributed by atoms with Crippen LogP contribution in [0.25, 0.3) is 0 Å². The fourth-order valence-corrected chi connectivity index (χ4v) is 0. The van der Waals surface area contributed by atoms with Gasteiger partial charge in [0.25, 0.3) is 0 Å². The maximum Gasteiger partial charge on any atom is 0.0220 e. The Morgan fingerprint density at radius 1 is 1.71 bits per heavy atom. The van der Waals surface area contributed by atoms with Gasteiger partial charge in [0, 0.05) is 5.88 Å². The van der Waals surface area contributed by atoms with Crippen LogP contribution in [0.1, 0.15) is 20.3 Å². The lowest BCUT2D eigenvalue weighted by Gasteiger charge is -1.65. The molecule has 0 aliphatic carbocycles. The third-order valence-corrected chi connectivity index (χ3v) is 0.567. The maximum atomic E-state index is 5.19. The van der Waals surface area contributed by atoms with E-state index in [4.69, 9.17) is 11.6 Å². The summed E-state index contributed by atoms with van der Waals surface area (Å²) in [7, 11) is 0. The first-order valence-electron chi connectivity index (χ1n) is 2.46. The van der Waals surface area contributed by atoms with Crippen molar-refractivity contribution in [1.29, 1.82) is 0 Å². The van der Waals surface area contributed by atoms with Crippen molar-refractivity contribution in [2.24, 2.45) is 0 Å². The first-order chi connectivity index (χ1) is 3.33. The molecular formula is C6H13Cl. The minimum atomic E-state index is 0.792. The van der Waals surface area contributed by atoms with Gasteiger partial charge in [0.1, 0.15) is 0 Å². The lowest BCUT2D eigenvalue weighted by molar-refractivity contribution is 1.10. The Hall–Kier alpha value is 0.0300. The summed E-state index contributed by atoms with van der Waals surface area (Å²) in [5.74, 6) is 0.792. The molecule has 0 radical (unpaired) electrons. The Morgan fingerprint density at radius 2 is 1.86 bits per heavy atom. The van der Waals surface area contributed by atoms with Crippen molar-refractivity contribution < 1.29 is 0 Å². The second kappa shape index (κ2) is 16.6. The van der Waals surface area contributed by atoms with E-state index in [1.54, 1.807) is 6.08 Å². The van der Waals surface area contributed by atoms with E-state index < -0.39 is 0 Å². The predicted octanol–water partition coefficient (Wildman–Crippen LogP) is 2.83. The summed E-state index contributed by atoms with van der Waals surface area (Å²) in [6, 6.07) is 0. The van der Waals surface area contributed by atoms with Gasteiger partial charge in [0.2, 0.25) is 0 Å². The Balaban J connectivity index is 0. The smallest absolute Gasteiger partial charge is 0.0220 e. The minimum absolute atomic E-state index is 0.792. The summed E-state index contributed by atoms with van der Waals surface area (Å²) >= 11 is 5.19. The topological polar surface area (TPSA) is 0 Å². The normalized spacial score (nSPS) is 6.14. The number of rotatable bonds is 1. The number of allylic oxidation sites excluding steroid dienone is 1. The highest BCUT2D eigenvalue weighted by Gasteiger charge is 1.59. The van der Waals surface area contributed by atoms with E-state index in [0.717, 1.165) is 12.3 Å². The van der Waals surface area contributed by atoms with Crippen LogP contribution in [0.5, 0.6) is 0 Å². The highest BCUT2D eigenvalue weighted by molar-refractivity contribution is 6.17. The molecule has 0 rings (SSSR count). The minimum Gasteiger partial charge on any atom is -0.127 e. The number of hydrogen-bond acceptors (Lipinski definition) is 0. The summed E-state index contributed by atoms with van der Waals surface area (Å²) in [6.07, 6.45) is 2.83. The first-order valence-corrected chi connectivity index (χ1v) is 2.99. The molecule has 0 fully saturated rings. The Kier molecular flexibility index (Phi) is 24.0. The Bertz CT molecular complexity index is 23.4. The second-order valence-corrected chi connectivity index (χ2v) is 1.48. The van der Waals surface area contributed by atoms with E-state index >= 15 is 0 Å². The first kappa shape index (κ1) is 10.1. The van der Waals surface area contributed by atoms with Gasteiger partial charge in [0.05, 0.1) is 0 Å². The van der Waals surface area contributed by atoms with Crippen LogP contribution >= 0.6 is 11.6 Å². The number of alkyl halides is 1. The summed E-state index contributed by atoms with van der Waals surface area (Å²) < 4.78 is 0. The van der Waals surface area contributed by atoms with Crippen molar-refractivity contribution in [2.45, 2.75) is 20.3 Å². The van der Waals surface area contributed by atoms with Crippen molar-refractivity contribution in [2.75, 3.05) is 5.88 Å². The van der Waals surface area contributed by atoms with Gasteiger partial charge in [-0.25, -0.2) is 0 Å². The van der Waals surface area contributed by atoms with Gasteiger partial charge in [0.15, 0.2) is 0 Å². The summed E-state index contributed by atoms with van der Waals surface area (Å²) in [5, 5.41) is 0. The highest BCUT2D eigenvalue weighted by Crippen LogP contribution is 1.75. The quantitative estimate of drug-likeness (QED) is 0.369. The van der Waals surface area contributed by atoms with Gasteiger partial charge < -0.3 is 0 Å². The highest BCUT2D eigenvalue weighted by atomic mass is 35.5. The molecule has 0 unspecified atom stereocenters. The molecular weight excluding hydrogens is 108 g/mol. The van der Waals surface area contributed by atoms with E-state index in [9.17, 15) is 0 Å². The summed E-state index contributed by atoms with van der Waals surface area (Å²) in [5.41, 5.74) is 0. The molecule has 0 aliphatic heterocycles. The monoisotopic (exact) mass is 120 g/mol. The van der Waals surface area contributed by atoms with E-state index in [2.05, 4.69) is 6.58 Å². The van der Waals surface area contributed by atoms with Crippen molar-refractivity contribution in [1.82, 2.24) is 0 Å². The van der Waals surface area contributed by atoms with Gasteiger partial charge in [-0.3, -0.25) is 0 Å².